The van der Waals surface area contributed by atoms with E-state index in [0.29, 0.717) is 0 Å². The van der Waals surface area contributed by atoms with Crippen molar-refractivity contribution < 1.29 is 0 Å². The predicted molar refractivity (Wildman–Crippen MR) is 78.8 cm³/mol. The molecule has 0 saturated carbocycles. The van der Waals surface area contributed by atoms with Gasteiger partial charge in [-0.25, -0.2) is 0 Å². The summed E-state index contributed by atoms with van der Waals surface area (Å²) in [6.07, 6.45) is 5.38. The Morgan fingerprint density at radius 2 is 1.84 bits per heavy atom. The standard InChI is InChI=1S/C15H14N4/c1-16-12-8-13(10-17-9-12)19-14-6-2-4-11-5-3-7-18-15(11)14/h2-10,16,19H,1H3. The number of pyridine rings is 2. The molecule has 2 heterocycles. The van der Waals surface area contributed by atoms with Gasteiger partial charge in [-0.2, -0.15) is 0 Å². The van der Waals surface area contributed by atoms with E-state index in [0.717, 1.165) is 28.0 Å². The van der Waals surface area contributed by atoms with Crippen molar-refractivity contribution in [1.82, 2.24) is 9.97 Å². The Morgan fingerprint density at radius 3 is 2.74 bits per heavy atom. The molecule has 0 aliphatic carbocycles. The third kappa shape index (κ3) is 2.33. The molecule has 2 N–H and O–H groups in total. The number of anilines is 3. The summed E-state index contributed by atoms with van der Waals surface area (Å²) in [5.74, 6) is 0. The van der Waals surface area contributed by atoms with Gasteiger partial charge in [-0.15, -0.1) is 0 Å². The van der Waals surface area contributed by atoms with E-state index in [4.69, 9.17) is 0 Å². The highest BCUT2D eigenvalue weighted by atomic mass is 14.9. The van der Waals surface area contributed by atoms with Crippen LogP contribution in [0.2, 0.25) is 0 Å². The molecule has 3 rings (SSSR count). The first kappa shape index (κ1) is 11.5. The summed E-state index contributed by atoms with van der Waals surface area (Å²) in [6, 6.07) is 12.1. The number of fused-ring (bicyclic) bond motifs is 1. The highest BCUT2D eigenvalue weighted by Crippen LogP contribution is 2.25. The molecule has 94 valence electrons. The van der Waals surface area contributed by atoms with Gasteiger partial charge in [0.05, 0.1) is 35.0 Å². The van der Waals surface area contributed by atoms with Gasteiger partial charge in [-0.05, 0) is 18.2 Å². The van der Waals surface area contributed by atoms with Gasteiger partial charge in [-0.1, -0.05) is 18.2 Å². The van der Waals surface area contributed by atoms with Gasteiger partial charge in [0.25, 0.3) is 0 Å². The Kier molecular flexibility index (Phi) is 2.98. The van der Waals surface area contributed by atoms with Crippen LogP contribution in [0.3, 0.4) is 0 Å². The number of rotatable bonds is 3. The summed E-state index contributed by atoms with van der Waals surface area (Å²) in [5.41, 5.74) is 3.84. The fraction of sp³-hybridized carbons (Fsp3) is 0.0667. The van der Waals surface area contributed by atoms with Crippen LogP contribution >= 0.6 is 0 Å². The second-order valence-electron chi connectivity index (χ2n) is 4.22. The molecule has 0 fully saturated rings. The fourth-order valence-corrected chi connectivity index (χ4v) is 2.01. The van der Waals surface area contributed by atoms with Crippen molar-refractivity contribution in [1.29, 1.82) is 0 Å². The summed E-state index contributed by atoms with van der Waals surface area (Å²) in [4.78, 5) is 8.61. The molecular formula is C15H14N4. The number of nitrogens with zero attached hydrogens (tertiary/aromatic N) is 2. The van der Waals surface area contributed by atoms with Gasteiger partial charge < -0.3 is 10.6 Å². The Morgan fingerprint density at radius 1 is 1.00 bits per heavy atom. The first-order chi connectivity index (χ1) is 9.36. The molecule has 0 aliphatic rings. The molecule has 4 nitrogen and oxygen atoms in total. The maximum Gasteiger partial charge on any atom is 0.0936 e. The zero-order chi connectivity index (χ0) is 13.1. The summed E-state index contributed by atoms with van der Waals surface area (Å²) >= 11 is 0. The summed E-state index contributed by atoms with van der Waals surface area (Å²) in [7, 11) is 1.88. The lowest BCUT2D eigenvalue weighted by Crippen LogP contribution is -1.95. The maximum atomic E-state index is 4.42. The second kappa shape index (κ2) is 4.94. The Labute approximate surface area is 111 Å². The van der Waals surface area contributed by atoms with Crippen molar-refractivity contribution >= 4 is 28.0 Å². The van der Waals surface area contributed by atoms with Gasteiger partial charge in [-0.3, -0.25) is 9.97 Å². The average Bonchev–Trinajstić information content (AvgIpc) is 2.48. The number of para-hydroxylation sites is 1. The normalized spacial score (nSPS) is 10.4. The van der Waals surface area contributed by atoms with Gasteiger partial charge in [0, 0.05) is 18.6 Å². The van der Waals surface area contributed by atoms with E-state index in [1.165, 1.54) is 0 Å². The van der Waals surface area contributed by atoms with E-state index in [-0.39, 0.29) is 0 Å². The number of hydrogen-bond acceptors (Lipinski definition) is 4. The third-order valence-electron chi connectivity index (χ3n) is 2.94. The third-order valence-corrected chi connectivity index (χ3v) is 2.94. The zero-order valence-electron chi connectivity index (χ0n) is 10.6. The molecule has 0 amide bonds. The van der Waals surface area contributed by atoms with Crippen LogP contribution in [0.4, 0.5) is 17.1 Å². The van der Waals surface area contributed by atoms with Crippen molar-refractivity contribution in [2.45, 2.75) is 0 Å². The molecule has 1 aromatic carbocycles. The molecule has 3 aromatic rings. The first-order valence-electron chi connectivity index (χ1n) is 6.10. The quantitative estimate of drug-likeness (QED) is 0.748. The first-order valence-corrected chi connectivity index (χ1v) is 6.10. The topological polar surface area (TPSA) is 49.8 Å². The fourth-order valence-electron chi connectivity index (χ4n) is 2.01. The van der Waals surface area contributed by atoms with Crippen LogP contribution in [0.15, 0.2) is 55.0 Å². The van der Waals surface area contributed by atoms with Gasteiger partial charge in [0.1, 0.15) is 0 Å². The zero-order valence-corrected chi connectivity index (χ0v) is 10.6. The summed E-state index contributed by atoms with van der Waals surface area (Å²) in [6.45, 7) is 0. The highest BCUT2D eigenvalue weighted by molar-refractivity contribution is 5.91. The monoisotopic (exact) mass is 250 g/mol. The van der Waals surface area contributed by atoms with Crippen LogP contribution < -0.4 is 10.6 Å². The molecule has 19 heavy (non-hydrogen) atoms. The highest BCUT2D eigenvalue weighted by Gasteiger charge is 2.02. The summed E-state index contributed by atoms with van der Waals surface area (Å²) in [5, 5.41) is 7.54. The average molecular weight is 250 g/mol. The largest absolute Gasteiger partial charge is 0.387 e. The molecule has 0 saturated heterocycles. The molecule has 0 atom stereocenters. The van der Waals surface area contributed by atoms with E-state index >= 15 is 0 Å². The van der Waals surface area contributed by atoms with Crippen molar-refractivity contribution in [2.75, 3.05) is 17.7 Å². The van der Waals surface area contributed by atoms with E-state index in [9.17, 15) is 0 Å². The minimum Gasteiger partial charge on any atom is -0.387 e. The number of aromatic nitrogens is 2. The van der Waals surface area contributed by atoms with Crippen molar-refractivity contribution in [3.63, 3.8) is 0 Å². The minimum absolute atomic E-state index is 0.935. The van der Waals surface area contributed by atoms with Gasteiger partial charge in [0.2, 0.25) is 0 Å². The lowest BCUT2D eigenvalue weighted by molar-refractivity contribution is 1.30. The summed E-state index contributed by atoms with van der Waals surface area (Å²) < 4.78 is 0. The van der Waals surface area contributed by atoms with Crippen LogP contribution in [0.1, 0.15) is 0 Å². The number of benzene rings is 1. The molecule has 0 bridgehead atoms. The van der Waals surface area contributed by atoms with E-state index in [2.05, 4.69) is 32.7 Å². The molecule has 0 radical (unpaired) electrons. The minimum atomic E-state index is 0.935. The Balaban J connectivity index is 2.01. The second-order valence-corrected chi connectivity index (χ2v) is 4.22. The van der Waals surface area contributed by atoms with E-state index < -0.39 is 0 Å². The van der Waals surface area contributed by atoms with Crippen molar-refractivity contribution in [3.8, 4) is 0 Å². The lowest BCUT2D eigenvalue weighted by Gasteiger charge is -2.09. The van der Waals surface area contributed by atoms with E-state index in [1.54, 1.807) is 18.6 Å². The number of nitrogens with one attached hydrogen (secondary N) is 2. The van der Waals surface area contributed by atoms with Crippen LogP contribution in [0, 0.1) is 0 Å². The van der Waals surface area contributed by atoms with Crippen LogP contribution in [0.5, 0.6) is 0 Å². The van der Waals surface area contributed by atoms with Gasteiger partial charge in [0.15, 0.2) is 0 Å². The molecule has 2 aromatic heterocycles. The predicted octanol–water partition coefficient (Wildman–Crippen LogP) is 3.42. The Hall–Kier alpha value is -2.62. The smallest absolute Gasteiger partial charge is 0.0936 e. The van der Waals surface area contributed by atoms with Crippen LogP contribution in [-0.4, -0.2) is 17.0 Å². The van der Waals surface area contributed by atoms with Crippen LogP contribution in [-0.2, 0) is 0 Å². The van der Waals surface area contributed by atoms with Crippen molar-refractivity contribution in [3.05, 3.63) is 55.0 Å². The number of hydrogen-bond donors (Lipinski definition) is 2. The van der Waals surface area contributed by atoms with Crippen LogP contribution in [0.25, 0.3) is 10.9 Å². The van der Waals surface area contributed by atoms with Gasteiger partial charge >= 0.3 is 0 Å². The van der Waals surface area contributed by atoms with Crippen molar-refractivity contribution in [2.24, 2.45) is 0 Å². The molecule has 0 aliphatic heterocycles. The molecule has 0 spiro atoms. The Bertz CT molecular complexity index is 704. The molecule has 4 heteroatoms. The SMILES string of the molecule is CNc1cncc(Nc2cccc3cccnc23)c1. The van der Waals surface area contributed by atoms with E-state index in [1.807, 2.05) is 31.3 Å². The molecule has 0 unspecified atom stereocenters. The lowest BCUT2D eigenvalue weighted by atomic mass is 10.2. The maximum absolute atomic E-state index is 4.42. The molecular weight excluding hydrogens is 236 g/mol.